The van der Waals surface area contributed by atoms with E-state index in [4.69, 9.17) is 0 Å². The van der Waals surface area contributed by atoms with Gasteiger partial charge in [0.05, 0.1) is 5.56 Å². The monoisotopic (exact) mass is 317 g/mol. The second-order valence-electron chi connectivity index (χ2n) is 5.41. The molecule has 0 unspecified atom stereocenters. The topological polar surface area (TPSA) is 74.0 Å². The molecule has 0 aliphatic carbocycles. The molecule has 1 aliphatic heterocycles. The molecule has 1 aromatic heterocycles. The van der Waals surface area contributed by atoms with Gasteiger partial charge in [0, 0.05) is 12.6 Å². The van der Waals surface area contributed by atoms with Gasteiger partial charge in [-0.3, -0.25) is 9.59 Å². The van der Waals surface area contributed by atoms with E-state index in [2.05, 4.69) is 10.6 Å². The number of H-pyrrole nitrogens is 1. The van der Waals surface area contributed by atoms with Gasteiger partial charge in [-0.1, -0.05) is 0 Å². The number of nitrogens with one attached hydrogen (secondary N) is 3. The van der Waals surface area contributed by atoms with Crippen molar-refractivity contribution in [1.29, 1.82) is 0 Å². The molecule has 1 saturated heterocycles. The minimum Gasteiger partial charge on any atom is -0.327 e. The molecule has 0 aromatic carbocycles. The Labute approximate surface area is 125 Å². The van der Waals surface area contributed by atoms with Gasteiger partial charge >= 0.3 is 6.18 Å². The molecule has 22 heavy (non-hydrogen) atoms. The van der Waals surface area contributed by atoms with Crippen LogP contribution >= 0.6 is 0 Å². The van der Waals surface area contributed by atoms with E-state index in [1.54, 1.807) is 0 Å². The first-order valence-corrected chi connectivity index (χ1v) is 7.17. The van der Waals surface area contributed by atoms with E-state index in [1.165, 1.54) is 0 Å². The molecule has 3 N–H and O–H groups in total. The first kappa shape index (κ1) is 16.5. The van der Waals surface area contributed by atoms with Gasteiger partial charge in [0.2, 0.25) is 5.91 Å². The molecule has 1 amide bonds. The summed E-state index contributed by atoms with van der Waals surface area (Å²) >= 11 is 0. The lowest BCUT2D eigenvalue weighted by Gasteiger charge is -2.22. The molecule has 8 heteroatoms. The average Bonchev–Trinajstić information content (AvgIpc) is 2.47. The second kappa shape index (κ2) is 6.95. The number of alkyl halides is 3. The number of piperidine rings is 1. The molecule has 0 atom stereocenters. The van der Waals surface area contributed by atoms with Crippen LogP contribution in [0.25, 0.3) is 0 Å². The van der Waals surface area contributed by atoms with E-state index in [-0.39, 0.29) is 12.1 Å². The Kier molecular flexibility index (Phi) is 5.23. The molecule has 5 nitrogen and oxygen atoms in total. The molecular weight excluding hydrogens is 299 g/mol. The van der Waals surface area contributed by atoms with Crippen LogP contribution in [0, 0.1) is 5.92 Å². The smallest absolute Gasteiger partial charge is 0.327 e. The number of aromatic nitrogens is 1. The van der Waals surface area contributed by atoms with Crippen molar-refractivity contribution in [3.05, 3.63) is 28.2 Å². The molecule has 0 radical (unpaired) electrons. The van der Waals surface area contributed by atoms with Crippen LogP contribution in [-0.2, 0) is 11.0 Å². The number of carbonyl (C=O) groups is 1. The number of rotatable bonds is 4. The molecule has 0 spiro atoms. The highest BCUT2D eigenvalue weighted by Crippen LogP contribution is 2.29. The summed E-state index contributed by atoms with van der Waals surface area (Å²) in [5.74, 6) is -0.00449. The Morgan fingerprint density at radius 3 is 2.64 bits per heavy atom. The highest BCUT2D eigenvalue weighted by molar-refractivity contribution is 5.90. The fraction of sp³-hybridized carbons (Fsp3) is 0.571. The molecule has 2 rings (SSSR count). The summed E-state index contributed by atoms with van der Waals surface area (Å²) < 4.78 is 37.8. The second-order valence-corrected chi connectivity index (χ2v) is 5.41. The molecule has 122 valence electrons. The standard InChI is InChI=1S/C14H18F3N3O2/c15-14(16,17)10-7-11(13(22)19-8-10)20-12(21)2-1-9-3-5-18-6-4-9/h7-9,18H,1-6H2,(H,19,22)(H,20,21). The minimum atomic E-state index is -4.57. The van der Waals surface area contributed by atoms with Crippen LogP contribution in [0.1, 0.15) is 31.2 Å². The lowest BCUT2D eigenvalue weighted by molar-refractivity contribution is -0.137. The van der Waals surface area contributed by atoms with Crippen molar-refractivity contribution in [2.45, 2.75) is 31.9 Å². The van der Waals surface area contributed by atoms with Crippen LogP contribution in [0.4, 0.5) is 18.9 Å². The van der Waals surface area contributed by atoms with Gasteiger partial charge in [-0.15, -0.1) is 0 Å². The maximum atomic E-state index is 12.6. The van der Waals surface area contributed by atoms with Crippen molar-refractivity contribution in [3.8, 4) is 0 Å². The number of halogens is 3. The SMILES string of the molecule is O=C(CCC1CCNCC1)Nc1cc(C(F)(F)F)c[nH]c1=O. The van der Waals surface area contributed by atoms with Gasteiger partial charge in [0.1, 0.15) is 5.69 Å². The highest BCUT2D eigenvalue weighted by Gasteiger charge is 2.31. The normalized spacial score (nSPS) is 16.5. The largest absolute Gasteiger partial charge is 0.417 e. The first-order chi connectivity index (χ1) is 10.4. The third kappa shape index (κ3) is 4.59. The fourth-order valence-electron chi connectivity index (χ4n) is 2.46. The maximum Gasteiger partial charge on any atom is 0.417 e. The lowest BCUT2D eigenvalue weighted by atomic mass is 9.93. The fourth-order valence-corrected chi connectivity index (χ4v) is 2.46. The quantitative estimate of drug-likeness (QED) is 0.796. The van der Waals surface area contributed by atoms with Crippen molar-refractivity contribution in [1.82, 2.24) is 10.3 Å². The van der Waals surface area contributed by atoms with Crippen molar-refractivity contribution >= 4 is 11.6 Å². The van der Waals surface area contributed by atoms with E-state index in [0.717, 1.165) is 25.9 Å². The van der Waals surface area contributed by atoms with E-state index in [9.17, 15) is 22.8 Å². The van der Waals surface area contributed by atoms with Crippen LogP contribution < -0.4 is 16.2 Å². The number of hydrogen-bond donors (Lipinski definition) is 3. The zero-order valence-electron chi connectivity index (χ0n) is 11.9. The summed E-state index contributed by atoms with van der Waals surface area (Å²) in [5, 5.41) is 5.48. The van der Waals surface area contributed by atoms with Gasteiger partial charge in [-0.05, 0) is 44.3 Å². The van der Waals surface area contributed by atoms with Gasteiger partial charge in [-0.25, -0.2) is 0 Å². The number of amides is 1. The zero-order valence-corrected chi connectivity index (χ0v) is 11.9. The highest BCUT2D eigenvalue weighted by atomic mass is 19.4. The van der Waals surface area contributed by atoms with Crippen molar-refractivity contribution in [3.63, 3.8) is 0 Å². The van der Waals surface area contributed by atoms with E-state index < -0.39 is 23.2 Å². The van der Waals surface area contributed by atoms with Crippen LogP contribution in [0.3, 0.4) is 0 Å². The summed E-state index contributed by atoms with van der Waals surface area (Å²) in [6.07, 6.45) is -1.15. The van der Waals surface area contributed by atoms with Gasteiger partial charge in [-0.2, -0.15) is 13.2 Å². The minimum absolute atomic E-state index is 0.195. The Morgan fingerprint density at radius 1 is 1.32 bits per heavy atom. The predicted octanol–water partition coefficient (Wildman–Crippen LogP) is 2.11. The van der Waals surface area contributed by atoms with E-state index >= 15 is 0 Å². The van der Waals surface area contributed by atoms with Crippen LogP contribution in [0.15, 0.2) is 17.1 Å². The third-order valence-electron chi connectivity index (χ3n) is 3.74. The summed E-state index contributed by atoms with van der Waals surface area (Å²) in [6, 6.07) is 0.654. The molecule has 0 saturated carbocycles. The Morgan fingerprint density at radius 2 is 2.00 bits per heavy atom. The molecule has 1 fully saturated rings. The molecule has 1 aliphatic rings. The molecule has 1 aromatic rings. The molecule has 2 heterocycles. The van der Waals surface area contributed by atoms with Crippen LogP contribution in [0.2, 0.25) is 0 Å². The van der Waals surface area contributed by atoms with Crippen molar-refractivity contribution in [2.24, 2.45) is 5.92 Å². The summed E-state index contributed by atoms with van der Waals surface area (Å²) in [5.41, 5.74) is -2.12. The molecular formula is C14H18F3N3O2. The Bertz CT molecular complexity index is 577. The third-order valence-corrected chi connectivity index (χ3v) is 3.74. The zero-order chi connectivity index (χ0) is 16.2. The number of anilines is 1. The summed E-state index contributed by atoms with van der Waals surface area (Å²) in [7, 11) is 0. The number of aromatic amines is 1. The number of hydrogen-bond acceptors (Lipinski definition) is 3. The van der Waals surface area contributed by atoms with Crippen LogP contribution in [-0.4, -0.2) is 24.0 Å². The number of pyridine rings is 1. The van der Waals surface area contributed by atoms with E-state index in [1.807, 2.05) is 4.98 Å². The average molecular weight is 317 g/mol. The number of carbonyl (C=O) groups excluding carboxylic acids is 1. The van der Waals surface area contributed by atoms with Crippen molar-refractivity contribution < 1.29 is 18.0 Å². The first-order valence-electron chi connectivity index (χ1n) is 7.17. The van der Waals surface area contributed by atoms with E-state index in [0.29, 0.717) is 24.6 Å². The lowest BCUT2D eigenvalue weighted by Crippen LogP contribution is -2.28. The van der Waals surface area contributed by atoms with Crippen LogP contribution in [0.5, 0.6) is 0 Å². The Hall–Kier alpha value is -1.83. The van der Waals surface area contributed by atoms with Crippen molar-refractivity contribution in [2.75, 3.05) is 18.4 Å². The van der Waals surface area contributed by atoms with Gasteiger partial charge in [0.15, 0.2) is 0 Å². The maximum absolute atomic E-state index is 12.6. The predicted molar refractivity (Wildman–Crippen MR) is 75.5 cm³/mol. The summed E-state index contributed by atoms with van der Waals surface area (Å²) in [6.45, 7) is 1.83. The molecule has 0 bridgehead atoms. The Balaban J connectivity index is 1.94. The summed E-state index contributed by atoms with van der Waals surface area (Å²) in [4.78, 5) is 25.3. The van der Waals surface area contributed by atoms with Gasteiger partial charge < -0.3 is 15.6 Å². The van der Waals surface area contributed by atoms with Gasteiger partial charge in [0.25, 0.3) is 5.56 Å².